The highest BCUT2D eigenvalue weighted by Gasteiger charge is 2.05. The van der Waals surface area contributed by atoms with Crippen molar-refractivity contribution < 1.29 is 19.2 Å². The first-order chi connectivity index (χ1) is 8.81. The lowest BCUT2D eigenvalue weighted by Crippen LogP contribution is -2.04. The van der Waals surface area contributed by atoms with Gasteiger partial charge < -0.3 is 19.2 Å². The van der Waals surface area contributed by atoms with Gasteiger partial charge in [0.25, 0.3) is 0 Å². The molecular weight excluding hydrogens is 236 g/mol. The van der Waals surface area contributed by atoms with Gasteiger partial charge in [-0.3, -0.25) is 0 Å². The molecule has 0 fully saturated rings. The van der Waals surface area contributed by atoms with Crippen LogP contribution in [0.1, 0.15) is 23.0 Å². The highest BCUT2D eigenvalue weighted by Crippen LogP contribution is 2.13. The third-order valence-corrected chi connectivity index (χ3v) is 2.56. The number of nitrogens with one attached hydrogen (secondary N) is 2. The van der Waals surface area contributed by atoms with Gasteiger partial charge in [0.2, 0.25) is 0 Å². The Kier molecular flexibility index (Phi) is 4.54. The second-order valence-electron chi connectivity index (χ2n) is 3.91. The first-order valence-electron chi connectivity index (χ1n) is 5.71. The molecule has 0 aromatic carbocycles. The van der Waals surface area contributed by atoms with Crippen molar-refractivity contribution >= 4 is 0 Å². The zero-order valence-corrected chi connectivity index (χ0v) is 9.85. The Bertz CT molecular complexity index is 434. The quantitative estimate of drug-likeness (QED) is 0.560. The van der Waals surface area contributed by atoms with E-state index in [-0.39, 0.29) is 0 Å². The molecule has 0 unspecified atom stereocenters. The number of hydrogen-bond acceptors (Lipinski definition) is 6. The van der Waals surface area contributed by atoms with Gasteiger partial charge in [-0.1, -0.05) is 0 Å². The van der Waals surface area contributed by atoms with Gasteiger partial charge in [0.1, 0.15) is 23.0 Å². The first-order valence-corrected chi connectivity index (χ1v) is 5.71. The van der Waals surface area contributed by atoms with Gasteiger partial charge in [0, 0.05) is 12.8 Å². The average molecular weight is 252 g/mol. The maximum atomic E-state index is 8.54. The second-order valence-corrected chi connectivity index (χ2v) is 3.91. The number of hydroxylamine groups is 2. The summed E-state index contributed by atoms with van der Waals surface area (Å²) in [6.45, 7) is 0.597. The number of hydrogen-bond donors (Lipinski definition) is 4. The molecule has 6 nitrogen and oxygen atoms in total. The molecule has 0 amide bonds. The third kappa shape index (κ3) is 3.44. The smallest absolute Gasteiger partial charge is 0.120 e. The van der Waals surface area contributed by atoms with E-state index in [4.69, 9.17) is 19.2 Å². The minimum atomic E-state index is 0.299. The van der Waals surface area contributed by atoms with Crippen LogP contribution in [0.25, 0.3) is 0 Å². The third-order valence-electron chi connectivity index (χ3n) is 2.56. The SMILES string of the molecule is ONCc1ccc(CCc2ccc(CNO)o2)o1. The Morgan fingerprint density at radius 2 is 1.11 bits per heavy atom. The van der Waals surface area contributed by atoms with Crippen molar-refractivity contribution in [1.29, 1.82) is 0 Å². The summed E-state index contributed by atoms with van der Waals surface area (Å²) in [4.78, 5) is 0. The minimum Gasteiger partial charge on any atom is -0.465 e. The van der Waals surface area contributed by atoms with Crippen molar-refractivity contribution in [3.8, 4) is 0 Å². The van der Waals surface area contributed by atoms with Gasteiger partial charge in [-0.2, -0.15) is 11.0 Å². The van der Waals surface area contributed by atoms with Gasteiger partial charge in [-0.05, 0) is 24.3 Å². The summed E-state index contributed by atoms with van der Waals surface area (Å²) in [5, 5.41) is 17.1. The molecule has 2 heterocycles. The molecule has 0 atom stereocenters. The summed E-state index contributed by atoms with van der Waals surface area (Å²) in [6, 6.07) is 7.40. The molecule has 0 aliphatic carbocycles. The molecule has 0 bridgehead atoms. The van der Waals surface area contributed by atoms with E-state index in [1.165, 1.54) is 0 Å². The minimum absolute atomic E-state index is 0.299. The normalized spacial score (nSPS) is 11.0. The van der Waals surface area contributed by atoms with Crippen molar-refractivity contribution in [2.45, 2.75) is 25.9 Å². The lowest BCUT2D eigenvalue weighted by molar-refractivity contribution is 0.152. The van der Waals surface area contributed by atoms with E-state index < -0.39 is 0 Å². The summed E-state index contributed by atoms with van der Waals surface area (Å²) in [6.07, 6.45) is 1.45. The van der Waals surface area contributed by atoms with Crippen LogP contribution < -0.4 is 11.0 Å². The Balaban J connectivity index is 1.85. The fourth-order valence-corrected chi connectivity index (χ4v) is 1.71. The summed E-state index contributed by atoms with van der Waals surface area (Å²) >= 11 is 0. The lowest BCUT2D eigenvalue weighted by Gasteiger charge is -1.97. The maximum Gasteiger partial charge on any atom is 0.120 e. The molecule has 0 aliphatic rings. The molecule has 6 heteroatoms. The van der Waals surface area contributed by atoms with Crippen LogP contribution >= 0.6 is 0 Å². The highest BCUT2D eigenvalue weighted by atomic mass is 16.5. The Morgan fingerprint density at radius 3 is 1.50 bits per heavy atom. The number of aryl methyl sites for hydroxylation is 2. The first kappa shape index (κ1) is 12.8. The van der Waals surface area contributed by atoms with E-state index in [0.717, 1.165) is 24.4 Å². The van der Waals surface area contributed by atoms with Crippen molar-refractivity contribution in [2.75, 3.05) is 0 Å². The molecule has 2 rings (SSSR count). The van der Waals surface area contributed by atoms with Crippen molar-refractivity contribution in [3.05, 3.63) is 47.3 Å². The molecule has 0 spiro atoms. The molecule has 2 aromatic rings. The van der Waals surface area contributed by atoms with Crippen LogP contribution in [-0.2, 0) is 25.9 Å². The number of furan rings is 2. The monoisotopic (exact) mass is 252 g/mol. The summed E-state index contributed by atoms with van der Waals surface area (Å²) in [7, 11) is 0. The lowest BCUT2D eigenvalue weighted by atomic mass is 10.2. The van der Waals surface area contributed by atoms with Gasteiger partial charge in [-0.25, -0.2) is 0 Å². The summed E-state index contributed by atoms with van der Waals surface area (Å²) in [5.41, 5.74) is 4.09. The predicted octanol–water partition coefficient (Wildman–Crippen LogP) is 1.62. The van der Waals surface area contributed by atoms with Crippen molar-refractivity contribution in [3.63, 3.8) is 0 Å². The summed E-state index contributed by atoms with van der Waals surface area (Å²) < 4.78 is 11.0. The molecule has 18 heavy (non-hydrogen) atoms. The fourth-order valence-electron chi connectivity index (χ4n) is 1.71. The zero-order valence-electron chi connectivity index (χ0n) is 9.85. The molecule has 0 saturated heterocycles. The molecule has 0 radical (unpaired) electrons. The van der Waals surface area contributed by atoms with Crippen LogP contribution in [0.5, 0.6) is 0 Å². The van der Waals surface area contributed by atoms with Gasteiger partial charge in [-0.15, -0.1) is 0 Å². The Hall–Kier alpha value is -1.60. The standard InChI is InChI=1S/C12H16N2O4/c15-13-7-11-5-3-9(17-11)1-2-10-4-6-12(18-10)8-14-16/h3-6,13-16H,1-2,7-8H2. The van der Waals surface area contributed by atoms with E-state index >= 15 is 0 Å². The van der Waals surface area contributed by atoms with Crippen molar-refractivity contribution in [2.24, 2.45) is 0 Å². The fraction of sp³-hybridized carbons (Fsp3) is 0.333. The molecular formula is C12H16N2O4. The Labute approximate surface area is 104 Å². The molecule has 2 aromatic heterocycles. The summed E-state index contributed by atoms with van der Waals surface area (Å²) in [5.74, 6) is 3.08. The van der Waals surface area contributed by atoms with E-state index in [2.05, 4.69) is 0 Å². The van der Waals surface area contributed by atoms with Gasteiger partial charge >= 0.3 is 0 Å². The van der Waals surface area contributed by atoms with Crippen LogP contribution in [0.15, 0.2) is 33.1 Å². The van der Waals surface area contributed by atoms with Crippen LogP contribution in [0.3, 0.4) is 0 Å². The highest BCUT2D eigenvalue weighted by molar-refractivity contribution is 5.11. The average Bonchev–Trinajstić information content (AvgIpc) is 2.97. The largest absolute Gasteiger partial charge is 0.465 e. The van der Waals surface area contributed by atoms with Gasteiger partial charge in [0.15, 0.2) is 0 Å². The molecule has 98 valence electrons. The van der Waals surface area contributed by atoms with Crippen LogP contribution in [0, 0.1) is 0 Å². The molecule has 0 aliphatic heterocycles. The predicted molar refractivity (Wildman–Crippen MR) is 62.1 cm³/mol. The number of rotatable bonds is 7. The topological polar surface area (TPSA) is 90.8 Å². The van der Waals surface area contributed by atoms with Crippen LogP contribution in [-0.4, -0.2) is 10.4 Å². The van der Waals surface area contributed by atoms with E-state index in [1.54, 1.807) is 0 Å². The van der Waals surface area contributed by atoms with Gasteiger partial charge in [0.05, 0.1) is 13.1 Å². The van der Waals surface area contributed by atoms with E-state index in [0.29, 0.717) is 24.6 Å². The van der Waals surface area contributed by atoms with E-state index in [9.17, 15) is 0 Å². The van der Waals surface area contributed by atoms with Crippen molar-refractivity contribution in [1.82, 2.24) is 11.0 Å². The zero-order chi connectivity index (χ0) is 12.8. The van der Waals surface area contributed by atoms with Crippen LogP contribution in [0.4, 0.5) is 0 Å². The Morgan fingerprint density at radius 1 is 0.722 bits per heavy atom. The maximum absolute atomic E-state index is 8.54. The van der Waals surface area contributed by atoms with Crippen LogP contribution in [0.2, 0.25) is 0 Å². The second kappa shape index (κ2) is 6.36. The van der Waals surface area contributed by atoms with E-state index in [1.807, 2.05) is 35.2 Å². The molecule has 4 N–H and O–H groups in total. The molecule has 0 saturated carbocycles.